The molecule has 0 bridgehead atoms. The van der Waals surface area contributed by atoms with Gasteiger partial charge in [0.05, 0.1) is 5.70 Å². The largest absolute Gasteiger partial charge is 0.488 e. The summed E-state index contributed by atoms with van der Waals surface area (Å²) in [5.74, 6) is 0.749. The normalized spacial score (nSPS) is 10.7. The van der Waals surface area contributed by atoms with E-state index in [1.54, 1.807) is 11.0 Å². The van der Waals surface area contributed by atoms with Gasteiger partial charge in [-0.15, -0.1) is 0 Å². The summed E-state index contributed by atoms with van der Waals surface area (Å²) in [6, 6.07) is 13.3. The number of hydrogen-bond acceptors (Lipinski definition) is 3. The van der Waals surface area contributed by atoms with Crippen molar-refractivity contribution in [1.29, 1.82) is 0 Å². The Kier molecular flexibility index (Phi) is 6.54. The van der Waals surface area contributed by atoms with E-state index in [0.717, 1.165) is 35.4 Å². The second kappa shape index (κ2) is 9.07. The zero-order chi connectivity index (χ0) is 19.2. The molecule has 0 amide bonds. The topological polar surface area (TPSA) is 39.9 Å². The van der Waals surface area contributed by atoms with Crippen LogP contribution in [0.5, 0.6) is 5.75 Å². The van der Waals surface area contributed by atoms with Crippen molar-refractivity contribution in [2.24, 2.45) is 0 Å². The molecule has 4 nitrogen and oxygen atoms in total. The number of halogens is 2. The van der Waals surface area contributed by atoms with Crippen molar-refractivity contribution in [3.63, 3.8) is 0 Å². The highest BCUT2D eigenvalue weighted by Crippen LogP contribution is 2.34. The van der Waals surface area contributed by atoms with Gasteiger partial charge in [-0.1, -0.05) is 49.2 Å². The fourth-order valence-corrected chi connectivity index (χ4v) is 3.24. The SMILES string of the molecule is CCC(CC)=C(c1cc(Cl)ccc1OCc1ccc(Cl)cc1)n1cncn1. The molecule has 27 heavy (non-hydrogen) atoms. The third kappa shape index (κ3) is 4.71. The third-order valence-electron chi connectivity index (χ3n) is 4.34. The highest BCUT2D eigenvalue weighted by atomic mass is 35.5. The lowest BCUT2D eigenvalue weighted by atomic mass is 10.0. The summed E-state index contributed by atoms with van der Waals surface area (Å²) in [5, 5.41) is 5.70. The number of nitrogens with zero attached hydrogens (tertiary/aromatic N) is 3. The smallest absolute Gasteiger partial charge is 0.138 e. The Bertz CT molecular complexity index is 913. The van der Waals surface area contributed by atoms with E-state index in [4.69, 9.17) is 27.9 Å². The van der Waals surface area contributed by atoms with Crippen LogP contribution in [0.15, 0.2) is 60.7 Å². The minimum absolute atomic E-state index is 0.435. The van der Waals surface area contributed by atoms with Crippen molar-refractivity contribution >= 4 is 28.9 Å². The van der Waals surface area contributed by atoms with Gasteiger partial charge in [0.1, 0.15) is 25.0 Å². The van der Waals surface area contributed by atoms with Gasteiger partial charge in [-0.2, -0.15) is 5.10 Å². The van der Waals surface area contributed by atoms with Gasteiger partial charge in [0, 0.05) is 15.6 Å². The molecule has 1 heterocycles. The van der Waals surface area contributed by atoms with Crippen LogP contribution >= 0.6 is 23.2 Å². The first-order valence-electron chi connectivity index (χ1n) is 8.86. The van der Waals surface area contributed by atoms with Crippen LogP contribution in [0.2, 0.25) is 10.0 Å². The molecule has 1 aromatic heterocycles. The summed E-state index contributed by atoms with van der Waals surface area (Å²) in [7, 11) is 0. The average molecular weight is 402 g/mol. The zero-order valence-electron chi connectivity index (χ0n) is 15.3. The Morgan fingerprint density at radius 1 is 1.00 bits per heavy atom. The van der Waals surface area contributed by atoms with Crippen LogP contribution in [0.3, 0.4) is 0 Å². The van der Waals surface area contributed by atoms with Crippen molar-refractivity contribution < 1.29 is 4.74 Å². The van der Waals surface area contributed by atoms with Gasteiger partial charge in [0.25, 0.3) is 0 Å². The highest BCUT2D eigenvalue weighted by Gasteiger charge is 2.16. The summed E-state index contributed by atoms with van der Waals surface area (Å²) >= 11 is 12.3. The van der Waals surface area contributed by atoms with Crippen LogP contribution < -0.4 is 4.74 Å². The molecular weight excluding hydrogens is 381 g/mol. The van der Waals surface area contributed by atoms with Crippen LogP contribution in [0.4, 0.5) is 0 Å². The molecule has 0 fully saturated rings. The van der Waals surface area contributed by atoms with Gasteiger partial charge < -0.3 is 4.74 Å². The zero-order valence-corrected chi connectivity index (χ0v) is 16.8. The monoisotopic (exact) mass is 401 g/mol. The van der Waals surface area contributed by atoms with E-state index in [1.807, 2.05) is 42.5 Å². The van der Waals surface area contributed by atoms with Crippen molar-refractivity contribution in [1.82, 2.24) is 14.8 Å². The number of rotatable bonds is 7. The maximum Gasteiger partial charge on any atom is 0.138 e. The van der Waals surface area contributed by atoms with E-state index >= 15 is 0 Å². The second-order valence-electron chi connectivity index (χ2n) is 6.05. The molecule has 0 radical (unpaired) electrons. The average Bonchev–Trinajstić information content (AvgIpc) is 3.20. The summed E-state index contributed by atoms with van der Waals surface area (Å²) < 4.78 is 7.92. The molecular formula is C21H21Cl2N3O. The third-order valence-corrected chi connectivity index (χ3v) is 4.83. The van der Waals surface area contributed by atoms with E-state index in [1.165, 1.54) is 11.9 Å². The molecule has 0 N–H and O–H groups in total. The fraction of sp³-hybridized carbons (Fsp3) is 0.238. The lowest BCUT2D eigenvalue weighted by Gasteiger charge is -2.18. The number of aromatic nitrogens is 3. The van der Waals surface area contributed by atoms with Gasteiger partial charge >= 0.3 is 0 Å². The predicted molar refractivity (Wildman–Crippen MR) is 110 cm³/mol. The Balaban J connectivity index is 2.01. The Hall–Kier alpha value is -2.30. The van der Waals surface area contributed by atoms with E-state index in [-0.39, 0.29) is 0 Å². The van der Waals surface area contributed by atoms with Crippen LogP contribution in [0.1, 0.15) is 37.8 Å². The summed E-state index contributed by atoms with van der Waals surface area (Å²) in [6.45, 7) is 4.70. The molecule has 6 heteroatoms. The van der Waals surface area contributed by atoms with Crippen LogP contribution in [-0.2, 0) is 6.61 Å². The first-order chi connectivity index (χ1) is 13.1. The molecule has 0 saturated carbocycles. The molecule has 140 valence electrons. The fourth-order valence-electron chi connectivity index (χ4n) is 2.94. The lowest BCUT2D eigenvalue weighted by Crippen LogP contribution is -2.06. The summed E-state index contributed by atoms with van der Waals surface area (Å²) in [6.07, 6.45) is 5.02. The number of benzene rings is 2. The predicted octanol–water partition coefficient (Wildman–Crippen LogP) is 6.24. The van der Waals surface area contributed by atoms with E-state index < -0.39 is 0 Å². The molecule has 0 saturated heterocycles. The van der Waals surface area contributed by atoms with E-state index in [9.17, 15) is 0 Å². The minimum atomic E-state index is 0.435. The van der Waals surface area contributed by atoms with Gasteiger partial charge in [-0.25, -0.2) is 9.67 Å². The number of hydrogen-bond donors (Lipinski definition) is 0. The lowest BCUT2D eigenvalue weighted by molar-refractivity contribution is 0.305. The van der Waals surface area contributed by atoms with E-state index in [0.29, 0.717) is 16.7 Å². The van der Waals surface area contributed by atoms with Gasteiger partial charge in [0.15, 0.2) is 0 Å². The molecule has 0 unspecified atom stereocenters. The summed E-state index contributed by atoms with van der Waals surface area (Å²) in [5.41, 5.74) is 4.16. The van der Waals surface area contributed by atoms with Crippen molar-refractivity contribution in [3.05, 3.63) is 81.9 Å². The molecule has 2 aromatic carbocycles. The van der Waals surface area contributed by atoms with E-state index in [2.05, 4.69) is 23.9 Å². The Labute approximate surface area is 169 Å². The molecule has 3 aromatic rings. The molecule has 0 atom stereocenters. The molecule has 0 spiro atoms. The maximum absolute atomic E-state index is 6.31. The first kappa shape index (κ1) is 19.5. The molecule has 0 aliphatic heterocycles. The van der Waals surface area contributed by atoms with Gasteiger partial charge in [0.2, 0.25) is 0 Å². The standard InChI is InChI=1S/C21H21Cl2N3O/c1-3-16(4-2)21(26-14-24-13-25-26)19-11-18(23)9-10-20(19)27-12-15-5-7-17(22)8-6-15/h5-11,13-14H,3-4,12H2,1-2H3. The Morgan fingerprint density at radius 3 is 2.33 bits per heavy atom. The molecule has 0 aliphatic carbocycles. The molecule has 3 rings (SSSR count). The maximum atomic E-state index is 6.31. The second-order valence-corrected chi connectivity index (χ2v) is 6.93. The van der Waals surface area contributed by atoms with Gasteiger partial charge in [-0.3, -0.25) is 0 Å². The minimum Gasteiger partial charge on any atom is -0.488 e. The molecule has 0 aliphatic rings. The Morgan fingerprint density at radius 2 is 1.70 bits per heavy atom. The number of ether oxygens (including phenoxy) is 1. The van der Waals surface area contributed by atoms with Crippen LogP contribution in [-0.4, -0.2) is 14.8 Å². The van der Waals surface area contributed by atoms with Gasteiger partial charge in [-0.05, 0) is 54.3 Å². The van der Waals surface area contributed by atoms with Crippen LogP contribution in [0.25, 0.3) is 5.70 Å². The first-order valence-corrected chi connectivity index (χ1v) is 9.62. The quantitative estimate of drug-likeness (QED) is 0.469. The highest BCUT2D eigenvalue weighted by molar-refractivity contribution is 6.31. The number of allylic oxidation sites excluding steroid dienone is 1. The van der Waals surface area contributed by atoms with Crippen LogP contribution in [0, 0.1) is 0 Å². The van der Waals surface area contributed by atoms with Crippen molar-refractivity contribution in [3.8, 4) is 5.75 Å². The summed E-state index contributed by atoms with van der Waals surface area (Å²) in [4.78, 5) is 4.10. The van der Waals surface area contributed by atoms with Crippen molar-refractivity contribution in [2.45, 2.75) is 33.3 Å². The van der Waals surface area contributed by atoms with Crippen molar-refractivity contribution in [2.75, 3.05) is 0 Å².